The molecule has 1 N–H and O–H groups in total. The van der Waals surface area contributed by atoms with E-state index in [2.05, 4.69) is 11.2 Å². The number of terminal acetylenes is 1. The van der Waals surface area contributed by atoms with Crippen molar-refractivity contribution < 1.29 is 14.3 Å². The molecule has 1 saturated carbocycles. The Balaban J connectivity index is 1.64. The van der Waals surface area contributed by atoms with Gasteiger partial charge >= 0.3 is 0 Å². The number of hydrogen-bond donors (Lipinski definition) is 1. The molecule has 0 spiro atoms. The molecular formula is C18H23NO3. The van der Waals surface area contributed by atoms with Crippen molar-refractivity contribution in [3.8, 4) is 18.1 Å². The van der Waals surface area contributed by atoms with Gasteiger partial charge in [0.1, 0.15) is 18.5 Å². The van der Waals surface area contributed by atoms with Gasteiger partial charge in [0.15, 0.2) is 0 Å². The normalized spacial score (nSPS) is 14.9. The topological polar surface area (TPSA) is 47.6 Å². The van der Waals surface area contributed by atoms with Gasteiger partial charge in [0.25, 0.3) is 0 Å². The van der Waals surface area contributed by atoms with Crippen LogP contribution in [0, 0.1) is 18.3 Å². The van der Waals surface area contributed by atoms with Gasteiger partial charge in [0.2, 0.25) is 5.91 Å². The molecule has 1 atom stereocenters. The van der Waals surface area contributed by atoms with E-state index in [1.165, 1.54) is 12.8 Å². The molecule has 2 rings (SSSR count). The van der Waals surface area contributed by atoms with Crippen LogP contribution in [-0.4, -0.2) is 31.8 Å². The first-order valence-electron chi connectivity index (χ1n) is 7.73. The van der Waals surface area contributed by atoms with Crippen molar-refractivity contribution in [1.29, 1.82) is 0 Å². The largest absolute Gasteiger partial charge is 0.481 e. The van der Waals surface area contributed by atoms with Gasteiger partial charge in [0, 0.05) is 6.54 Å². The zero-order valence-corrected chi connectivity index (χ0v) is 13.0. The Kier molecular flexibility index (Phi) is 6.29. The van der Waals surface area contributed by atoms with Crippen LogP contribution in [0.4, 0.5) is 0 Å². The molecule has 1 amide bonds. The highest BCUT2D eigenvalue weighted by atomic mass is 16.5. The SMILES string of the molecule is C#CCOc1ccc(CCNC(=O)C(C)OCC2CC2)cc1. The van der Waals surface area contributed by atoms with Crippen molar-refractivity contribution >= 4 is 5.91 Å². The summed E-state index contributed by atoms with van der Waals surface area (Å²) in [6, 6.07) is 7.72. The highest BCUT2D eigenvalue weighted by Crippen LogP contribution is 2.29. The van der Waals surface area contributed by atoms with Gasteiger partial charge in [-0.3, -0.25) is 4.79 Å². The molecule has 4 nitrogen and oxygen atoms in total. The lowest BCUT2D eigenvalue weighted by Gasteiger charge is -2.13. The average molecular weight is 301 g/mol. The monoisotopic (exact) mass is 301 g/mol. The van der Waals surface area contributed by atoms with Gasteiger partial charge in [-0.2, -0.15) is 0 Å². The van der Waals surface area contributed by atoms with Crippen LogP contribution in [0.25, 0.3) is 0 Å². The third kappa shape index (κ3) is 5.79. The Hall–Kier alpha value is -1.99. The summed E-state index contributed by atoms with van der Waals surface area (Å²) in [5.41, 5.74) is 1.14. The van der Waals surface area contributed by atoms with E-state index < -0.39 is 0 Å². The number of benzene rings is 1. The maximum Gasteiger partial charge on any atom is 0.248 e. The maximum atomic E-state index is 11.9. The van der Waals surface area contributed by atoms with Crippen molar-refractivity contribution in [3.05, 3.63) is 29.8 Å². The number of hydrogen-bond acceptors (Lipinski definition) is 3. The first-order chi connectivity index (χ1) is 10.7. The van der Waals surface area contributed by atoms with Crippen LogP contribution in [0.1, 0.15) is 25.3 Å². The Labute approximate surface area is 132 Å². The third-order valence-electron chi connectivity index (χ3n) is 3.61. The zero-order valence-electron chi connectivity index (χ0n) is 13.0. The Morgan fingerprint density at radius 2 is 2.14 bits per heavy atom. The molecule has 1 aliphatic rings. The minimum Gasteiger partial charge on any atom is -0.481 e. The molecule has 118 valence electrons. The fourth-order valence-corrected chi connectivity index (χ4v) is 1.99. The van der Waals surface area contributed by atoms with Crippen LogP contribution in [0.3, 0.4) is 0 Å². The molecule has 0 aliphatic heterocycles. The van der Waals surface area contributed by atoms with Crippen molar-refractivity contribution in [2.45, 2.75) is 32.3 Å². The van der Waals surface area contributed by atoms with Gasteiger partial charge in [-0.1, -0.05) is 18.1 Å². The second-order valence-corrected chi connectivity index (χ2v) is 5.60. The van der Waals surface area contributed by atoms with E-state index >= 15 is 0 Å². The fourth-order valence-electron chi connectivity index (χ4n) is 1.99. The van der Waals surface area contributed by atoms with E-state index in [0.717, 1.165) is 17.7 Å². The predicted octanol–water partition coefficient (Wildman–Crippen LogP) is 2.17. The molecular weight excluding hydrogens is 278 g/mol. The summed E-state index contributed by atoms with van der Waals surface area (Å²) >= 11 is 0. The number of carbonyl (C=O) groups is 1. The number of ether oxygens (including phenoxy) is 2. The smallest absolute Gasteiger partial charge is 0.248 e. The van der Waals surface area contributed by atoms with Crippen molar-refractivity contribution in [2.75, 3.05) is 19.8 Å². The summed E-state index contributed by atoms with van der Waals surface area (Å²) in [5, 5.41) is 2.90. The molecule has 1 unspecified atom stereocenters. The average Bonchev–Trinajstić information content (AvgIpc) is 3.36. The Morgan fingerprint density at radius 3 is 2.77 bits per heavy atom. The molecule has 0 saturated heterocycles. The summed E-state index contributed by atoms with van der Waals surface area (Å²) in [6.07, 6.45) is 8.00. The second-order valence-electron chi connectivity index (χ2n) is 5.60. The lowest BCUT2D eigenvalue weighted by Crippen LogP contribution is -2.36. The van der Waals surface area contributed by atoms with Crippen LogP contribution >= 0.6 is 0 Å². The van der Waals surface area contributed by atoms with E-state index in [1.54, 1.807) is 6.92 Å². The highest BCUT2D eigenvalue weighted by molar-refractivity contribution is 5.80. The standard InChI is InChI=1S/C18H23NO3/c1-3-12-21-17-8-6-15(7-9-17)10-11-19-18(20)14(2)22-13-16-4-5-16/h1,6-9,14,16H,4-5,10-13H2,2H3,(H,19,20). The van der Waals surface area contributed by atoms with Crippen molar-refractivity contribution in [3.63, 3.8) is 0 Å². The van der Waals surface area contributed by atoms with Gasteiger partial charge in [-0.05, 0) is 49.8 Å². The second kappa shape index (κ2) is 8.45. The van der Waals surface area contributed by atoms with Crippen molar-refractivity contribution in [2.24, 2.45) is 5.92 Å². The van der Waals surface area contributed by atoms with E-state index in [-0.39, 0.29) is 18.6 Å². The minimum absolute atomic E-state index is 0.0466. The van der Waals surface area contributed by atoms with E-state index in [4.69, 9.17) is 15.9 Å². The zero-order chi connectivity index (χ0) is 15.8. The summed E-state index contributed by atoms with van der Waals surface area (Å²) in [6.45, 7) is 3.37. The predicted molar refractivity (Wildman–Crippen MR) is 85.6 cm³/mol. The number of rotatable bonds is 9. The Morgan fingerprint density at radius 1 is 1.41 bits per heavy atom. The van der Waals surface area contributed by atoms with Gasteiger partial charge in [0.05, 0.1) is 6.61 Å². The summed E-state index contributed by atoms with van der Waals surface area (Å²) in [4.78, 5) is 11.9. The first kappa shape index (κ1) is 16.4. The maximum absolute atomic E-state index is 11.9. The number of carbonyl (C=O) groups excluding carboxylic acids is 1. The molecule has 4 heteroatoms. The Bertz CT molecular complexity index is 514. The highest BCUT2D eigenvalue weighted by Gasteiger charge is 2.23. The summed E-state index contributed by atoms with van der Waals surface area (Å²) in [5.74, 6) is 3.81. The fraction of sp³-hybridized carbons (Fsp3) is 0.500. The van der Waals surface area contributed by atoms with Crippen LogP contribution in [0.2, 0.25) is 0 Å². The van der Waals surface area contributed by atoms with Crippen LogP contribution in [0.5, 0.6) is 5.75 Å². The lowest BCUT2D eigenvalue weighted by molar-refractivity contribution is -0.131. The molecule has 0 aromatic heterocycles. The molecule has 0 bridgehead atoms. The van der Waals surface area contributed by atoms with Crippen LogP contribution < -0.4 is 10.1 Å². The van der Waals surface area contributed by atoms with E-state index in [1.807, 2.05) is 24.3 Å². The van der Waals surface area contributed by atoms with Crippen LogP contribution in [0.15, 0.2) is 24.3 Å². The first-order valence-corrected chi connectivity index (χ1v) is 7.73. The molecule has 0 heterocycles. The number of amides is 1. The molecule has 0 radical (unpaired) electrons. The van der Waals surface area contributed by atoms with Crippen molar-refractivity contribution in [1.82, 2.24) is 5.32 Å². The number of nitrogens with one attached hydrogen (secondary N) is 1. The molecule has 1 aromatic rings. The third-order valence-corrected chi connectivity index (χ3v) is 3.61. The molecule has 1 aliphatic carbocycles. The van der Waals surface area contributed by atoms with Gasteiger partial charge in [-0.15, -0.1) is 6.42 Å². The summed E-state index contributed by atoms with van der Waals surface area (Å²) < 4.78 is 10.9. The molecule has 1 aromatic carbocycles. The quantitative estimate of drug-likeness (QED) is 0.711. The molecule has 22 heavy (non-hydrogen) atoms. The van der Waals surface area contributed by atoms with E-state index in [0.29, 0.717) is 19.1 Å². The summed E-state index contributed by atoms with van der Waals surface area (Å²) in [7, 11) is 0. The molecule has 1 fully saturated rings. The van der Waals surface area contributed by atoms with Gasteiger partial charge < -0.3 is 14.8 Å². The lowest BCUT2D eigenvalue weighted by atomic mass is 10.1. The van der Waals surface area contributed by atoms with E-state index in [9.17, 15) is 4.79 Å². The van der Waals surface area contributed by atoms with Gasteiger partial charge in [-0.25, -0.2) is 0 Å². The minimum atomic E-state index is -0.375. The van der Waals surface area contributed by atoms with Crippen LogP contribution in [-0.2, 0) is 16.0 Å².